The summed E-state index contributed by atoms with van der Waals surface area (Å²) in [4.78, 5) is 14.3. The molecular formula is C17H11BrFNO2S2. The van der Waals surface area contributed by atoms with E-state index in [9.17, 15) is 9.18 Å². The van der Waals surface area contributed by atoms with Crippen molar-refractivity contribution in [3.05, 3.63) is 63.2 Å². The van der Waals surface area contributed by atoms with Gasteiger partial charge in [-0.3, -0.25) is 9.69 Å². The predicted molar refractivity (Wildman–Crippen MR) is 103 cm³/mol. The molecule has 0 saturated carbocycles. The van der Waals surface area contributed by atoms with Crippen LogP contribution < -0.4 is 9.64 Å². The van der Waals surface area contributed by atoms with Crippen molar-refractivity contribution in [3.63, 3.8) is 0 Å². The van der Waals surface area contributed by atoms with E-state index in [1.165, 1.54) is 17.0 Å². The molecule has 0 radical (unpaired) electrons. The van der Waals surface area contributed by atoms with Gasteiger partial charge in [-0.05, 0) is 36.4 Å². The highest BCUT2D eigenvalue weighted by Gasteiger charge is 2.34. The summed E-state index contributed by atoms with van der Waals surface area (Å²) in [6, 6.07) is 11.6. The molecule has 1 aliphatic heterocycles. The van der Waals surface area contributed by atoms with Gasteiger partial charge in [-0.2, -0.15) is 0 Å². The van der Waals surface area contributed by atoms with E-state index in [1.54, 1.807) is 31.4 Å². The maximum absolute atomic E-state index is 14.0. The van der Waals surface area contributed by atoms with E-state index in [2.05, 4.69) is 15.9 Å². The van der Waals surface area contributed by atoms with E-state index in [4.69, 9.17) is 17.0 Å². The maximum atomic E-state index is 14.0. The molecule has 1 aliphatic rings. The van der Waals surface area contributed by atoms with Crippen molar-refractivity contribution in [1.82, 2.24) is 0 Å². The van der Waals surface area contributed by atoms with Crippen molar-refractivity contribution >= 4 is 61.9 Å². The minimum absolute atomic E-state index is 0.157. The fourth-order valence-corrected chi connectivity index (χ4v) is 3.92. The second-order valence-corrected chi connectivity index (χ2v) is 7.45. The Labute approximate surface area is 156 Å². The summed E-state index contributed by atoms with van der Waals surface area (Å²) < 4.78 is 20.5. The van der Waals surface area contributed by atoms with E-state index >= 15 is 0 Å². The van der Waals surface area contributed by atoms with Gasteiger partial charge < -0.3 is 4.74 Å². The number of amides is 1. The average Bonchev–Trinajstić information content (AvgIpc) is 2.82. The Morgan fingerprint density at radius 1 is 1.29 bits per heavy atom. The van der Waals surface area contributed by atoms with Crippen LogP contribution in [0, 0.1) is 5.82 Å². The SMILES string of the molecule is COc1ccc(Br)cc1/C=C1\SC(=S)N(c2ccccc2F)C1=O. The first-order valence-electron chi connectivity index (χ1n) is 6.87. The standard InChI is InChI=1S/C17H11BrFNO2S2/c1-22-14-7-6-11(18)8-10(14)9-15-16(21)20(17(23)24-15)13-5-3-2-4-12(13)19/h2-9H,1H3/b15-9-. The number of hydrogen-bond acceptors (Lipinski definition) is 4. The maximum Gasteiger partial charge on any atom is 0.270 e. The summed E-state index contributed by atoms with van der Waals surface area (Å²) in [6.07, 6.45) is 1.70. The molecular weight excluding hydrogens is 413 g/mol. The zero-order valence-electron chi connectivity index (χ0n) is 12.5. The van der Waals surface area contributed by atoms with Crippen LogP contribution in [0.4, 0.5) is 10.1 Å². The first kappa shape index (κ1) is 17.1. The molecule has 2 aromatic rings. The van der Waals surface area contributed by atoms with Crippen LogP contribution in [0.5, 0.6) is 5.75 Å². The van der Waals surface area contributed by atoms with E-state index in [0.717, 1.165) is 21.8 Å². The van der Waals surface area contributed by atoms with E-state index < -0.39 is 5.82 Å². The Morgan fingerprint density at radius 3 is 2.75 bits per heavy atom. The van der Waals surface area contributed by atoms with Gasteiger partial charge in [-0.15, -0.1) is 0 Å². The van der Waals surface area contributed by atoms with Crippen molar-refractivity contribution in [1.29, 1.82) is 0 Å². The van der Waals surface area contributed by atoms with Crippen LogP contribution in [0.25, 0.3) is 6.08 Å². The summed E-state index contributed by atoms with van der Waals surface area (Å²) in [5.41, 5.74) is 0.894. The topological polar surface area (TPSA) is 29.5 Å². The van der Waals surface area contributed by atoms with Crippen molar-refractivity contribution < 1.29 is 13.9 Å². The van der Waals surface area contributed by atoms with Crippen LogP contribution in [0.2, 0.25) is 0 Å². The molecule has 1 heterocycles. The molecule has 0 bridgehead atoms. The van der Waals surface area contributed by atoms with Crippen molar-refractivity contribution in [3.8, 4) is 5.75 Å². The second-order valence-electron chi connectivity index (χ2n) is 4.85. The van der Waals surface area contributed by atoms with Crippen molar-refractivity contribution in [2.45, 2.75) is 0 Å². The van der Waals surface area contributed by atoms with Crippen LogP contribution in [0.1, 0.15) is 5.56 Å². The quantitative estimate of drug-likeness (QED) is 0.512. The van der Waals surface area contributed by atoms with Gasteiger partial charge in [-0.1, -0.05) is 52.0 Å². The summed E-state index contributed by atoms with van der Waals surface area (Å²) in [7, 11) is 1.56. The van der Waals surface area contributed by atoms with Gasteiger partial charge in [0.05, 0.1) is 17.7 Å². The van der Waals surface area contributed by atoms with Gasteiger partial charge in [0.15, 0.2) is 4.32 Å². The van der Waals surface area contributed by atoms with Gasteiger partial charge in [-0.25, -0.2) is 4.39 Å². The Balaban J connectivity index is 2.01. The number of thioether (sulfide) groups is 1. The number of methoxy groups -OCH3 is 1. The molecule has 7 heteroatoms. The zero-order valence-corrected chi connectivity index (χ0v) is 15.7. The molecule has 0 N–H and O–H groups in total. The molecule has 24 heavy (non-hydrogen) atoms. The number of benzene rings is 2. The third-order valence-corrected chi connectivity index (χ3v) is 5.16. The molecule has 0 spiro atoms. The fraction of sp³-hybridized carbons (Fsp3) is 0.0588. The summed E-state index contributed by atoms with van der Waals surface area (Å²) in [5, 5.41) is 0. The number of ether oxygens (including phenoxy) is 1. The lowest BCUT2D eigenvalue weighted by Crippen LogP contribution is -2.28. The number of carbonyl (C=O) groups is 1. The van der Waals surface area contributed by atoms with E-state index in [-0.39, 0.29) is 11.6 Å². The normalized spacial score (nSPS) is 16.1. The van der Waals surface area contributed by atoms with E-state index in [1.807, 2.05) is 12.1 Å². The summed E-state index contributed by atoms with van der Waals surface area (Å²) >= 11 is 9.79. The molecule has 3 nitrogen and oxygen atoms in total. The third kappa shape index (κ3) is 3.24. The lowest BCUT2D eigenvalue weighted by molar-refractivity contribution is -0.113. The number of rotatable bonds is 3. The lowest BCUT2D eigenvalue weighted by atomic mass is 10.2. The smallest absolute Gasteiger partial charge is 0.270 e. The van der Waals surface area contributed by atoms with Crippen molar-refractivity contribution in [2.75, 3.05) is 12.0 Å². The number of para-hydroxylation sites is 1. The zero-order chi connectivity index (χ0) is 17.3. The average molecular weight is 424 g/mol. The van der Waals surface area contributed by atoms with Crippen molar-refractivity contribution in [2.24, 2.45) is 0 Å². The van der Waals surface area contributed by atoms with Gasteiger partial charge in [0.2, 0.25) is 0 Å². The first-order chi connectivity index (χ1) is 11.5. The Morgan fingerprint density at radius 2 is 2.04 bits per heavy atom. The molecule has 0 atom stereocenters. The summed E-state index contributed by atoms with van der Waals surface area (Å²) in [6.45, 7) is 0. The summed E-state index contributed by atoms with van der Waals surface area (Å²) in [5.74, 6) is -0.207. The van der Waals surface area contributed by atoms with Gasteiger partial charge in [0.1, 0.15) is 11.6 Å². The first-order valence-corrected chi connectivity index (χ1v) is 8.89. The number of anilines is 1. The number of carbonyl (C=O) groups excluding carboxylic acids is 1. The third-order valence-electron chi connectivity index (χ3n) is 3.37. The highest BCUT2D eigenvalue weighted by molar-refractivity contribution is 9.10. The minimum atomic E-state index is -0.491. The number of halogens is 2. The lowest BCUT2D eigenvalue weighted by Gasteiger charge is -2.14. The van der Waals surface area contributed by atoms with Gasteiger partial charge in [0.25, 0.3) is 5.91 Å². The van der Waals surface area contributed by atoms with E-state index in [0.29, 0.717) is 15.0 Å². The minimum Gasteiger partial charge on any atom is -0.496 e. The van der Waals surface area contributed by atoms with Crippen LogP contribution in [0.15, 0.2) is 51.8 Å². The molecule has 1 amide bonds. The molecule has 122 valence electrons. The molecule has 0 unspecified atom stereocenters. The molecule has 1 saturated heterocycles. The number of nitrogens with zero attached hydrogens (tertiary/aromatic N) is 1. The second kappa shape index (κ2) is 7.04. The Hall–Kier alpha value is -1.70. The predicted octanol–water partition coefficient (Wildman–Crippen LogP) is 5.00. The highest BCUT2D eigenvalue weighted by atomic mass is 79.9. The Kier molecular flexibility index (Phi) is 5.03. The Bertz CT molecular complexity index is 869. The number of hydrogen-bond donors (Lipinski definition) is 0. The molecule has 0 aliphatic carbocycles. The molecule has 1 fully saturated rings. The largest absolute Gasteiger partial charge is 0.496 e. The van der Waals surface area contributed by atoms with Gasteiger partial charge in [0, 0.05) is 10.0 Å². The highest BCUT2D eigenvalue weighted by Crippen LogP contribution is 2.38. The van der Waals surface area contributed by atoms with Crippen LogP contribution in [-0.4, -0.2) is 17.3 Å². The van der Waals surface area contributed by atoms with Crippen LogP contribution in [-0.2, 0) is 4.79 Å². The van der Waals surface area contributed by atoms with Gasteiger partial charge >= 0.3 is 0 Å². The molecule has 0 aromatic heterocycles. The fourth-order valence-electron chi connectivity index (χ4n) is 2.27. The molecule has 3 rings (SSSR count). The monoisotopic (exact) mass is 423 g/mol. The number of thiocarbonyl (C=S) groups is 1. The molecule has 2 aromatic carbocycles. The van der Waals surface area contributed by atoms with Crippen LogP contribution in [0.3, 0.4) is 0 Å². The van der Waals surface area contributed by atoms with Crippen LogP contribution >= 0.6 is 39.9 Å².